The number of aromatic nitrogens is 5. The lowest BCUT2D eigenvalue weighted by molar-refractivity contribution is 1.15. The van der Waals surface area contributed by atoms with E-state index in [2.05, 4.69) is 232 Å². The Morgan fingerprint density at radius 1 is 0.286 bits per heavy atom. The van der Waals surface area contributed by atoms with Gasteiger partial charge in [0, 0.05) is 66.1 Å². The summed E-state index contributed by atoms with van der Waals surface area (Å²) in [6.45, 7) is 0. The third kappa shape index (κ3) is 5.43. The molecule has 294 valence electrons. The molecule has 4 aromatic heterocycles. The lowest BCUT2D eigenvalue weighted by Gasteiger charge is -2.14. The molecule has 0 aliphatic rings. The highest BCUT2D eigenvalue weighted by Gasteiger charge is 2.26. The number of hydrogen-bond donors (Lipinski definition) is 0. The van der Waals surface area contributed by atoms with E-state index in [9.17, 15) is 0 Å². The van der Waals surface area contributed by atoms with Gasteiger partial charge in [0.25, 0.3) is 0 Å². The third-order valence-electron chi connectivity index (χ3n) is 12.6. The summed E-state index contributed by atoms with van der Waals surface area (Å²) in [4.78, 5) is 10.7. The quantitative estimate of drug-likeness (QED) is 0.168. The number of nitrogens with zero attached hydrogens (tertiary/aromatic N) is 5. The van der Waals surface area contributed by atoms with Crippen molar-refractivity contribution in [3.8, 4) is 51.0 Å². The van der Waals surface area contributed by atoms with Gasteiger partial charge in [-0.2, -0.15) is 0 Å². The minimum atomic E-state index is 0.687. The average molecular weight is 804 g/mol. The van der Waals surface area contributed by atoms with Gasteiger partial charge in [-0.1, -0.05) is 158 Å². The van der Waals surface area contributed by atoms with Crippen LogP contribution in [0.5, 0.6) is 0 Å². The van der Waals surface area contributed by atoms with Crippen LogP contribution < -0.4 is 0 Å². The van der Waals surface area contributed by atoms with Crippen molar-refractivity contribution < 1.29 is 0 Å². The second kappa shape index (κ2) is 14.0. The Labute approximate surface area is 363 Å². The van der Waals surface area contributed by atoms with Crippen molar-refractivity contribution in [2.24, 2.45) is 0 Å². The van der Waals surface area contributed by atoms with Gasteiger partial charge in [-0.25, -0.2) is 9.97 Å². The predicted molar refractivity (Wildman–Crippen MR) is 261 cm³/mol. The van der Waals surface area contributed by atoms with Gasteiger partial charge >= 0.3 is 0 Å². The van der Waals surface area contributed by atoms with Crippen molar-refractivity contribution in [3.05, 3.63) is 224 Å². The topological polar surface area (TPSA) is 40.6 Å². The molecule has 9 aromatic carbocycles. The highest BCUT2D eigenvalue weighted by molar-refractivity contribution is 6.30. The second-order valence-electron chi connectivity index (χ2n) is 16.2. The van der Waals surface area contributed by atoms with E-state index in [0.29, 0.717) is 5.82 Å². The molecule has 63 heavy (non-hydrogen) atoms. The van der Waals surface area contributed by atoms with Gasteiger partial charge in [0.1, 0.15) is 0 Å². The maximum Gasteiger partial charge on any atom is 0.160 e. The summed E-state index contributed by atoms with van der Waals surface area (Å²) < 4.78 is 7.33. The lowest BCUT2D eigenvalue weighted by Crippen LogP contribution is -1.99. The summed E-state index contributed by atoms with van der Waals surface area (Å²) in [6, 6.07) is 80.2. The van der Waals surface area contributed by atoms with E-state index in [1.807, 2.05) is 6.07 Å². The molecular formula is C58H37N5. The minimum absolute atomic E-state index is 0.687. The Morgan fingerprint density at radius 3 is 1.41 bits per heavy atom. The van der Waals surface area contributed by atoms with Gasteiger partial charge in [0.15, 0.2) is 5.82 Å². The lowest BCUT2D eigenvalue weighted by atomic mass is 9.98. The minimum Gasteiger partial charge on any atom is -0.309 e. The highest BCUT2D eigenvalue weighted by Crippen LogP contribution is 2.47. The first-order valence-electron chi connectivity index (χ1n) is 21.4. The molecule has 13 rings (SSSR count). The van der Waals surface area contributed by atoms with Crippen molar-refractivity contribution in [2.45, 2.75) is 0 Å². The molecule has 0 aliphatic carbocycles. The number of fused-ring (bicyclic) bond motifs is 10. The average Bonchev–Trinajstić information content (AvgIpc) is 4.00. The van der Waals surface area contributed by atoms with Crippen LogP contribution in [0.3, 0.4) is 0 Å². The Morgan fingerprint density at radius 2 is 0.762 bits per heavy atom. The molecule has 0 radical (unpaired) electrons. The van der Waals surface area contributed by atoms with E-state index in [1.54, 1.807) is 0 Å². The van der Waals surface area contributed by atoms with E-state index in [4.69, 9.17) is 9.97 Å². The normalized spacial score (nSPS) is 11.8. The van der Waals surface area contributed by atoms with Gasteiger partial charge in [0.2, 0.25) is 0 Å². The largest absolute Gasteiger partial charge is 0.309 e. The first kappa shape index (κ1) is 35.2. The van der Waals surface area contributed by atoms with E-state index in [1.165, 1.54) is 27.1 Å². The van der Waals surface area contributed by atoms with Gasteiger partial charge in [-0.3, -0.25) is 0 Å². The van der Waals surface area contributed by atoms with Gasteiger partial charge in [-0.05, 0) is 66.7 Å². The molecule has 0 unspecified atom stereocenters. The zero-order chi connectivity index (χ0) is 41.4. The molecule has 5 heteroatoms. The summed E-state index contributed by atoms with van der Waals surface area (Å²) in [5, 5.41) is 7.13. The number of benzene rings is 9. The summed E-state index contributed by atoms with van der Waals surface area (Å²) in [5.74, 6) is 0.687. The van der Waals surface area contributed by atoms with Crippen LogP contribution in [0.2, 0.25) is 0 Å². The van der Waals surface area contributed by atoms with Crippen molar-refractivity contribution in [1.82, 2.24) is 23.7 Å². The standard InChI is InChI=1S/C58H37N5/c1-5-19-38(20-6-1)48-37-49(60-58(59-48)39-21-7-2-8-22-39)47-36-54-56(46-29-15-17-31-51(46)62(54)41-25-11-4-12-26-41)57-55(47)45-28-14-18-32-52(45)63(57)42-33-34-44-43-27-13-16-30-50(43)61(53(44)35-42)40-23-9-3-10-24-40/h1-37H. The third-order valence-corrected chi connectivity index (χ3v) is 12.6. The molecule has 5 nitrogen and oxygen atoms in total. The van der Waals surface area contributed by atoms with Crippen LogP contribution in [0.15, 0.2) is 224 Å². The van der Waals surface area contributed by atoms with Gasteiger partial charge in [-0.15, -0.1) is 0 Å². The fourth-order valence-corrected chi connectivity index (χ4v) is 9.94. The van der Waals surface area contributed by atoms with Crippen LogP contribution >= 0.6 is 0 Å². The van der Waals surface area contributed by atoms with E-state index in [0.717, 1.165) is 83.5 Å². The van der Waals surface area contributed by atoms with Crippen LogP contribution in [0.1, 0.15) is 0 Å². The Hall–Kier alpha value is -8.54. The molecule has 0 saturated heterocycles. The molecule has 0 N–H and O–H groups in total. The zero-order valence-electron chi connectivity index (χ0n) is 34.1. The summed E-state index contributed by atoms with van der Waals surface area (Å²) >= 11 is 0. The van der Waals surface area contributed by atoms with Crippen LogP contribution in [0, 0.1) is 0 Å². The Balaban J connectivity index is 1.22. The molecule has 0 atom stereocenters. The fourth-order valence-electron chi connectivity index (χ4n) is 9.94. The SMILES string of the molecule is c1ccc(-c2cc(-c3cc4c(c5ccccc5n4-c4ccccc4)c4c3c3ccccc3n4-c3ccc4c5ccccc5n(-c5ccccc5)c4c3)nc(-c3ccccc3)n2)cc1. The van der Waals surface area contributed by atoms with Crippen LogP contribution in [0.4, 0.5) is 0 Å². The molecule has 13 aromatic rings. The molecule has 0 saturated carbocycles. The zero-order valence-corrected chi connectivity index (χ0v) is 34.1. The molecule has 4 heterocycles. The van der Waals surface area contributed by atoms with E-state index in [-0.39, 0.29) is 0 Å². The Bertz CT molecular complexity index is 3820. The predicted octanol–water partition coefficient (Wildman–Crippen LogP) is 14.8. The molecule has 0 spiro atoms. The van der Waals surface area contributed by atoms with Crippen molar-refractivity contribution in [3.63, 3.8) is 0 Å². The molecule has 0 aliphatic heterocycles. The maximum absolute atomic E-state index is 5.48. The fraction of sp³-hybridized carbons (Fsp3) is 0. The van der Waals surface area contributed by atoms with Crippen molar-refractivity contribution in [1.29, 1.82) is 0 Å². The summed E-state index contributed by atoms with van der Waals surface area (Å²) in [6.07, 6.45) is 0. The number of hydrogen-bond acceptors (Lipinski definition) is 2. The van der Waals surface area contributed by atoms with Crippen molar-refractivity contribution >= 4 is 65.4 Å². The van der Waals surface area contributed by atoms with E-state index < -0.39 is 0 Å². The summed E-state index contributed by atoms with van der Waals surface area (Å²) in [7, 11) is 0. The van der Waals surface area contributed by atoms with Crippen LogP contribution in [-0.2, 0) is 0 Å². The monoisotopic (exact) mass is 803 g/mol. The Kier molecular flexibility index (Phi) is 7.84. The van der Waals surface area contributed by atoms with Crippen LogP contribution in [-0.4, -0.2) is 23.7 Å². The van der Waals surface area contributed by atoms with Crippen LogP contribution in [0.25, 0.3) is 116 Å². The smallest absolute Gasteiger partial charge is 0.160 e. The summed E-state index contributed by atoms with van der Waals surface area (Å²) in [5.41, 5.74) is 15.0. The maximum atomic E-state index is 5.48. The van der Waals surface area contributed by atoms with Gasteiger partial charge < -0.3 is 13.7 Å². The second-order valence-corrected chi connectivity index (χ2v) is 16.2. The first-order valence-corrected chi connectivity index (χ1v) is 21.4. The molecular weight excluding hydrogens is 767 g/mol. The number of para-hydroxylation sites is 5. The van der Waals surface area contributed by atoms with Crippen molar-refractivity contribution in [2.75, 3.05) is 0 Å². The molecule has 0 amide bonds. The highest BCUT2D eigenvalue weighted by atomic mass is 15.0. The van der Waals surface area contributed by atoms with E-state index >= 15 is 0 Å². The van der Waals surface area contributed by atoms with Gasteiger partial charge in [0.05, 0.1) is 44.5 Å². The first-order chi connectivity index (χ1) is 31.3. The molecule has 0 fully saturated rings. The number of rotatable bonds is 6. The molecule has 0 bridgehead atoms.